The number of ether oxygens (including phenoxy) is 2. The summed E-state index contributed by atoms with van der Waals surface area (Å²) in [7, 11) is 1.64. The standard InChI is InChI=1S/C17H27NO3/c1-13-6-4-7-14(2)18(13)11-15(19)12-21-17-9-5-8-16(10-17)20-3/h5,8-10,13-15,19H,4,6-7,11-12H2,1-3H3/p+1/t13-,14-,15+/m1/s1. The average Bonchev–Trinajstić information content (AvgIpc) is 2.49. The molecule has 0 saturated carbocycles. The molecule has 1 aromatic carbocycles. The van der Waals surface area contributed by atoms with Crippen LogP contribution in [0.5, 0.6) is 11.5 Å². The van der Waals surface area contributed by atoms with Crippen molar-refractivity contribution in [1.82, 2.24) is 0 Å². The van der Waals surface area contributed by atoms with Crippen LogP contribution in [0.25, 0.3) is 0 Å². The van der Waals surface area contributed by atoms with Crippen molar-refractivity contribution < 1.29 is 19.5 Å². The minimum Gasteiger partial charge on any atom is -0.497 e. The summed E-state index contributed by atoms with van der Waals surface area (Å²) < 4.78 is 10.8. The molecule has 2 N–H and O–H groups in total. The van der Waals surface area contributed by atoms with E-state index in [2.05, 4.69) is 13.8 Å². The molecule has 0 radical (unpaired) electrons. The molecule has 0 spiro atoms. The fraction of sp³-hybridized carbons (Fsp3) is 0.647. The van der Waals surface area contributed by atoms with Crippen LogP contribution in [0.3, 0.4) is 0 Å². The van der Waals surface area contributed by atoms with Crippen molar-refractivity contribution in [1.29, 1.82) is 0 Å². The van der Waals surface area contributed by atoms with Gasteiger partial charge < -0.3 is 19.5 Å². The highest BCUT2D eigenvalue weighted by molar-refractivity contribution is 5.32. The molecule has 21 heavy (non-hydrogen) atoms. The normalized spacial score (nSPS) is 24.6. The van der Waals surface area contributed by atoms with Crippen molar-refractivity contribution in [2.75, 3.05) is 20.3 Å². The summed E-state index contributed by atoms with van der Waals surface area (Å²) in [5.41, 5.74) is 0. The summed E-state index contributed by atoms with van der Waals surface area (Å²) in [6, 6.07) is 8.74. The highest BCUT2D eigenvalue weighted by atomic mass is 16.5. The Balaban J connectivity index is 1.82. The highest BCUT2D eigenvalue weighted by Crippen LogP contribution is 2.18. The van der Waals surface area contributed by atoms with Gasteiger partial charge in [0.05, 0.1) is 19.2 Å². The molecular weight excluding hydrogens is 266 g/mol. The molecule has 1 aliphatic heterocycles. The number of aliphatic hydroxyl groups excluding tert-OH is 1. The number of likely N-dealkylation sites (tertiary alicyclic amines) is 1. The first-order valence-corrected chi connectivity index (χ1v) is 7.90. The molecular formula is C17H28NO3+. The second-order valence-electron chi connectivity index (χ2n) is 6.16. The summed E-state index contributed by atoms with van der Waals surface area (Å²) in [6.45, 7) is 5.64. The van der Waals surface area contributed by atoms with Crippen molar-refractivity contribution in [3.63, 3.8) is 0 Å². The molecule has 1 heterocycles. The maximum Gasteiger partial charge on any atom is 0.137 e. The molecule has 1 fully saturated rings. The van der Waals surface area contributed by atoms with Gasteiger partial charge in [0.1, 0.15) is 30.8 Å². The quantitative estimate of drug-likeness (QED) is 0.831. The highest BCUT2D eigenvalue weighted by Gasteiger charge is 2.30. The Labute approximate surface area is 127 Å². The molecule has 0 amide bonds. The van der Waals surface area contributed by atoms with Gasteiger partial charge in [0.15, 0.2) is 0 Å². The SMILES string of the molecule is COc1cccc(OC[C@@H](O)C[NH+]2[C@H](C)CCC[C@H]2C)c1. The Morgan fingerprint density at radius 3 is 2.57 bits per heavy atom. The maximum atomic E-state index is 10.2. The van der Waals surface area contributed by atoms with Crippen LogP contribution in [0, 0.1) is 0 Å². The molecule has 4 nitrogen and oxygen atoms in total. The molecule has 2 rings (SSSR count). The Hall–Kier alpha value is -1.26. The number of piperidine rings is 1. The number of aliphatic hydroxyl groups is 1. The third kappa shape index (κ3) is 4.61. The minimum atomic E-state index is -0.436. The summed E-state index contributed by atoms with van der Waals surface area (Å²) in [6.07, 6.45) is 3.38. The molecule has 1 aromatic rings. The van der Waals surface area contributed by atoms with Crippen molar-refractivity contribution in [3.8, 4) is 11.5 Å². The van der Waals surface area contributed by atoms with Crippen LogP contribution in [-0.4, -0.2) is 43.6 Å². The predicted molar refractivity (Wildman–Crippen MR) is 83.1 cm³/mol. The molecule has 0 aromatic heterocycles. The molecule has 1 aliphatic rings. The second kappa shape index (κ2) is 7.66. The Morgan fingerprint density at radius 1 is 1.24 bits per heavy atom. The largest absolute Gasteiger partial charge is 0.497 e. The van der Waals surface area contributed by atoms with Gasteiger partial charge >= 0.3 is 0 Å². The number of quaternary nitrogens is 1. The smallest absolute Gasteiger partial charge is 0.137 e. The Morgan fingerprint density at radius 2 is 1.90 bits per heavy atom. The van der Waals surface area contributed by atoms with Gasteiger partial charge in [0.25, 0.3) is 0 Å². The molecule has 118 valence electrons. The molecule has 0 aliphatic carbocycles. The molecule has 4 heteroatoms. The van der Waals surface area contributed by atoms with Crippen LogP contribution in [0.4, 0.5) is 0 Å². The van der Waals surface area contributed by atoms with E-state index in [0.717, 1.165) is 18.0 Å². The van der Waals surface area contributed by atoms with Crippen LogP contribution in [-0.2, 0) is 0 Å². The molecule has 3 atom stereocenters. The van der Waals surface area contributed by atoms with E-state index < -0.39 is 6.10 Å². The number of benzene rings is 1. The number of hydrogen-bond acceptors (Lipinski definition) is 3. The van der Waals surface area contributed by atoms with Gasteiger partial charge in [-0.05, 0) is 45.2 Å². The first-order chi connectivity index (χ1) is 10.1. The lowest BCUT2D eigenvalue weighted by molar-refractivity contribution is -0.954. The summed E-state index contributed by atoms with van der Waals surface area (Å²) in [5, 5.41) is 10.2. The zero-order valence-corrected chi connectivity index (χ0v) is 13.3. The van der Waals surface area contributed by atoms with E-state index in [1.807, 2.05) is 24.3 Å². The van der Waals surface area contributed by atoms with E-state index in [1.165, 1.54) is 24.2 Å². The molecule has 0 unspecified atom stereocenters. The molecule has 0 bridgehead atoms. The lowest BCUT2D eigenvalue weighted by atomic mass is 9.97. The van der Waals surface area contributed by atoms with E-state index in [9.17, 15) is 5.11 Å². The third-order valence-corrected chi connectivity index (χ3v) is 4.50. The van der Waals surface area contributed by atoms with Gasteiger partial charge in [0.2, 0.25) is 0 Å². The van der Waals surface area contributed by atoms with Crippen molar-refractivity contribution in [3.05, 3.63) is 24.3 Å². The van der Waals surface area contributed by atoms with Gasteiger partial charge in [-0.15, -0.1) is 0 Å². The van der Waals surface area contributed by atoms with E-state index in [-0.39, 0.29) is 0 Å². The number of nitrogens with one attached hydrogen (secondary N) is 1. The zero-order chi connectivity index (χ0) is 15.2. The van der Waals surface area contributed by atoms with Crippen LogP contribution in [0.2, 0.25) is 0 Å². The minimum absolute atomic E-state index is 0.329. The maximum absolute atomic E-state index is 10.2. The van der Waals surface area contributed by atoms with Crippen molar-refractivity contribution >= 4 is 0 Å². The van der Waals surface area contributed by atoms with Crippen LogP contribution in [0.1, 0.15) is 33.1 Å². The van der Waals surface area contributed by atoms with Crippen LogP contribution < -0.4 is 14.4 Å². The Kier molecular flexibility index (Phi) is 5.88. The average molecular weight is 294 g/mol. The lowest BCUT2D eigenvalue weighted by Gasteiger charge is -2.36. The zero-order valence-electron chi connectivity index (χ0n) is 13.3. The topological polar surface area (TPSA) is 43.1 Å². The van der Waals surface area contributed by atoms with Gasteiger partial charge in [-0.1, -0.05) is 6.07 Å². The fourth-order valence-corrected chi connectivity index (χ4v) is 3.20. The van der Waals surface area contributed by atoms with Gasteiger partial charge in [-0.3, -0.25) is 0 Å². The van der Waals surface area contributed by atoms with Crippen LogP contribution in [0.15, 0.2) is 24.3 Å². The van der Waals surface area contributed by atoms with E-state index in [0.29, 0.717) is 18.7 Å². The van der Waals surface area contributed by atoms with Gasteiger partial charge in [-0.2, -0.15) is 0 Å². The Bertz CT molecular complexity index is 428. The number of rotatable bonds is 6. The summed E-state index contributed by atoms with van der Waals surface area (Å²) in [5.74, 6) is 1.51. The number of methoxy groups -OCH3 is 1. The van der Waals surface area contributed by atoms with Gasteiger partial charge in [0, 0.05) is 6.07 Å². The van der Waals surface area contributed by atoms with E-state index >= 15 is 0 Å². The fourth-order valence-electron chi connectivity index (χ4n) is 3.20. The second-order valence-corrected chi connectivity index (χ2v) is 6.16. The first kappa shape index (κ1) is 16.1. The van der Waals surface area contributed by atoms with Crippen molar-refractivity contribution in [2.45, 2.75) is 51.3 Å². The predicted octanol–water partition coefficient (Wildman–Crippen LogP) is 1.28. The van der Waals surface area contributed by atoms with Crippen molar-refractivity contribution in [2.24, 2.45) is 0 Å². The van der Waals surface area contributed by atoms with Gasteiger partial charge in [-0.25, -0.2) is 0 Å². The first-order valence-electron chi connectivity index (χ1n) is 7.90. The molecule has 1 saturated heterocycles. The van der Waals surface area contributed by atoms with E-state index in [1.54, 1.807) is 7.11 Å². The summed E-state index contributed by atoms with van der Waals surface area (Å²) >= 11 is 0. The van der Waals surface area contributed by atoms with E-state index in [4.69, 9.17) is 9.47 Å². The monoisotopic (exact) mass is 294 g/mol. The van der Waals surface area contributed by atoms with Crippen LogP contribution >= 0.6 is 0 Å². The lowest BCUT2D eigenvalue weighted by Crippen LogP contribution is -3.20. The summed E-state index contributed by atoms with van der Waals surface area (Å²) in [4.78, 5) is 1.50. The number of hydrogen-bond donors (Lipinski definition) is 2. The third-order valence-electron chi connectivity index (χ3n) is 4.50.